The number of carbonyl (C=O) groups excluding carboxylic acids is 1. The molecule has 2 aromatic rings. The summed E-state index contributed by atoms with van der Waals surface area (Å²) >= 11 is 0. The zero-order valence-electron chi connectivity index (χ0n) is 11.2. The highest BCUT2D eigenvalue weighted by Crippen LogP contribution is 2.19. The summed E-state index contributed by atoms with van der Waals surface area (Å²) in [6.45, 7) is 0. The van der Waals surface area contributed by atoms with Crippen LogP contribution < -0.4 is 0 Å². The van der Waals surface area contributed by atoms with Crippen molar-refractivity contribution < 1.29 is 19.4 Å². The highest BCUT2D eigenvalue weighted by atomic mass is 16.5. The largest absolute Gasteiger partial charge is 0.478 e. The molecule has 6 nitrogen and oxygen atoms in total. The van der Waals surface area contributed by atoms with Gasteiger partial charge in [-0.15, -0.1) is 0 Å². The Morgan fingerprint density at radius 3 is 1.67 bits per heavy atom. The number of hydrogen-bond acceptors (Lipinski definition) is 5. The minimum Gasteiger partial charge on any atom is -0.478 e. The second kappa shape index (κ2) is 6.42. The maximum atomic E-state index is 11.3. The normalized spacial score (nSPS) is 10.5. The molecule has 0 aliphatic heterocycles. The van der Waals surface area contributed by atoms with E-state index in [0.29, 0.717) is 16.9 Å². The van der Waals surface area contributed by atoms with Gasteiger partial charge in [-0.05, 0) is 48.5 Å². The van der Waals surface area contributed by atoms with E-state index < -0.39 is 11.9 Å². The van der Waals surface area contributed by atoms with Crippen molar-refractivity contribution in [1.82, 2.24) is 0 Å². The molecule has 2 rings (SSSR count). The molecule has 0 spiro atoms. The fourth-order valence-corrected chi connectivity index (χ4v) is 1.57. The first-order chi connectivity index (χ1) is 10.1. The number of carboxylic acid groups (broad SMARTS) is 1. The molecule has 0 aliphatic carbocycles. The maximum Gasteiger partial charge on any atom is 0.337 e. The van der Waals surface area contributed by atoms with Crippen LogP contribution in [0.3, 0.4) is 0 Å². The Bertz CT molecular complexity index is 676. The van der Waals surface area contributed by atoms with Gasteiger partial charge in [-0.1, -0.05) is 0 Å². The van der Waals surface area contributed by atoms with Crippen molar-refractivity contribution in [3.8, 4) is 0 Å². The first-order valence-electron chi connectivity index (χ1n) is 6.03. The molecule has 0 atom stereocenters. The molecule has 0 heterocycles. The Morgan fingerprint density at radius 1 is 0.857 bits per heavy atom. The van der Waals surface area contributed by atoms with Crippen molar-refractivity contribution in [3.63, 3.8) is 0 Å². The molecular weight excluding hydrogens is 272 g/mol. The Labute approximate surface area is 120 Å². The van der Waals surface area contributed by atoms with Crippen LogP contribution in [0.15, 0.2) is 58.8 Å². The third-order valence-electron chi connectivity index (χ3n) is 2.68. The first kappa shape index (κ1) is 14.4. The van der Waals surface area contributed by atoms with Crippen molar-refractivity contribution in [1.29, 1.82) is 0 Å². The molecular formula is C15H12N2O4. The number of nitrogens with zero attached hydrogens (tertiary/aromatic N) is 2. The number of carbonyl (C=O) groups is 2. The van der Waals surface area contributed by atoms with E-state index in [2.05, 4.69) is 15.0 Å². The lowest BCUT2D eigenvalue weighted by Gasteiger charge is -1.99. The van der Waals surface area contributed by atoms with Crippen molar-refractivity contribution >= 4 is 23.3 Å². The highest BCUT2D eigenvalue weighted by molar-refractivity contribution is 5.89. The van der Waals surface area contributed by atoms with Gasteiger partial charge in [0.15, 0.2) is 0 Å². The van der Waals surface area contributed by atoms with E-state index in [1.807, 2.05) is 0 Å². The number of benzene rings is 2. The van der Waals surface area contributed by atoms with Gasteiger partial charge in [-0.25, -0.2) is 9.59 Å². The monoisotopic (exact) mass is 284 g/mol. The lowest BCUT2D eigenvalue weighted by molar-refractivity contribution is 0.0600. The lowest BCUT2D eigenvalue weighted by Crippen LogP contribution is -1.99. The minimum atomic E-state index is -0.989. The molecule has 0 amide bonds. The van der Waals surface area contributed by atoms with E-state index in [4.69, 9.17) is 5.11 Å². The number of ether oxygens (including phenoxy) is 1. The van der Waals surface area contributed by atoms with Crippen LogP contribution >= 0.6 is 0 Å². The predicted octanol–water partition coefficient (Wildman–Crippen LogP) is 3.59. The van der Waals surface area contributed by atoms with Crippen LogP contribution in [0.2, 0.25) is 0 Å². The Morgan fingerprint density at radius 2 is 1.29 bits per heavy atom. The number of carboxylic acids is 1. The summed E-state index contributed by atoms with van der Waals surface area (Å²) in [6.07, 6.45) is 0. The zero-order valence-corrected chi connectivity index (χ0v) is 11.2. The number of esters is 1. The van der Waals surface area contributed by atoms with Gasteiger partial charge in [0.2, 0.25) is 0 Å². The van der Waals surface area contributed by atoms with Crippen LogP contribution in [0.25, 0.3) is 0 Å². The fraction of sp³-hybridized carbons (Fsp3) is 0.0667. The van der Waals surface area contributed by atoms with Crippen molar-refractivity contribution in [2.75, 3.05) is 7.11 Å². The SMILES string of the molecule is COC(=O)c1ccc(N=Nc2ccc(C(=O)O)cc2)cc1. The van der Waals surface area contributed by atoms with E-state index in [1.165, 1.54) is 19.2 Å². The van der Waals surface area contributed by atoms with E-state index in [1.54, 1.807) is 36.4 Å². The Hall–Kier alpha value is -3.02. The second-order valence-electron chi connectivity index (χ2n) is 4.09. The number of hydrogen-bond donors (Lipinski definition) is 1. The molecule has 1 N–H and O–H groups in total. The van der Waals surface area contributed by atoms with Crippen LogP contribution in [0.5, 0.6) is 0 Å². The standard InChI is InChI=1S/C15H12N2O4/c1-21-15(20)11-4-8-13(9-5-11)17-16-12-6-2-10(3-7-12)14(18)19/h2-9H,1H3,(H,18,19). The summed E-state index contributed by atoms with van der Waals surface area (Å²) in [5.74, 6) is -1.40. The summed E-state index contributed by atoms with van der Waals surface area (Å²) in [7, 11) is 1.32. The zero-order chi connectivity index (χ0) is 15.2. The highest BCUT2D eigenvalue weighted by Gasteiger charge is 2.04. The van der Waals surface area contributed by atoms with Crippen LogP contribution in [0.1, 0.15) is 20.7 Å². The van der Waals surface area contributed by atoms with Crippen molar-refractivity contribution in [3.05, 3.63) is 59.7 Å². The summed E-state index contributed by atoms with van der Waals surface area (Å²) in [5, 5.41) is 16.8. The van der Waals surface area contributed by atoms with E-state index in [0.717, 1.165) is 0 Å². The van der Waals surface area contributed by atoms with Crippen LogP contribution in [-0.2, 0) is 4.74 Å². The van der Waals surface area contributed by atoms with Crippen molar-refractivity contribution in [2.24, 2.45) is 10.2 Å². The quantitative estimate of drug-likeness (QED) is 0.686. The van der Waals surface area contributed by atoms with E-state index >= 15 is 0 Å². The fourth-order valence-electron chi connectivity index (χ4n) is 1.57. The van der Waals surface area contributed by atoms with E-state index in [9.17, 15) is 9.59 Å². The van der Waals surface area contributed by atoms with Gasteiger partial charge in [0, 0.05) is 0 Å². The average molecular weight is 284 g/mol. The summed E-state index contributed by atoms with van der Waals surface area (Å²) in [6, 6.07) is 12.5. The Kier molecular flexibility index (Phi) is 4.40. The molecule has 0 bridgehead atoms. The van der Waals surface area contributed by atoms with Crippen LogP contribution in [-0.4, -0.2) is 24.2 Å². The number of methoxy groups -OCH3 is 1. The van der Waals surface area contributed by atoms with Crippen molar-refractivity contribution in [2.45, 2.75) is 0 Å². The topological polar surface area (TPSA) is 88.3 Å². The van der Waals surface area contributed by atoms with Gasteiger partial charge < -0.3 is 9.84 Å². The predicted molar refractivity (Wildman–Crippen MR) is 75.4 cm³/mol. The Balaban J connectivity index is 2.10. The van der Waals surface area contributed by atoms with Crippen LogP contribution in [0, 0.1) is 0 Å². The van der Waals surface area contributed by atoms with Gasteiger partial charge in [0.25, 0.3) is 0 Å². The van der Waals surface area contributed by atoms with Gasteiger partial charge >= 0.3 is 11.9 Å². The van der Waals surface area contributed by atoms with Gasteiger partial charge in [-0.3, -0.25) is 0 Å². The molecule has 0 aliphatic rings. The average Bonchev–Trinajstić information content (AvgIpc) is 2.53. The van der Waals surface area contributed by atoms with Gasteiger partial charge in [0.05, 0.1) is 29.6 Å². The first-order valence-corrected chi connectivity index (χ1v) is 6.03. The molecule has 21 heavy (non-hydrogen) atoms. The smallest absolute Gasteiger partial charge is 0.337 e. The second-order valence-corrected chi connectivity index (χ2v) is 4.09. The molecule has 6 heteroatoms. The lowest BCUT2D eigenvalue weighted by atomic mass is 10.2. The number of rotatable bonds is 4. The van der Waals surface area contributed by atoms with Gasteiger partial charge in [-0.2, -0.15) is 10.2 Å². The molecule has 106 valence electrons. The third kappa shape index (κ3) is 3.73. The minimum absolute atomic E-state index is 0.191. The molecule has 0 aromatic heterocycles. The number of aromatic carboxylic acids is 1. The molecule has 0 saturated carbocycles. The van der Waals surface area contributed by atoms with Crippen LogP contribution in [0.4, 0.5) is 11.4 Å². The molecule has 0 fully saturated rings. The molecule has 0 unspecified atom stereocenters. The number of azo groups is 1. The molecule has 0 saturated heterocycles. The maximum absolute atomic E-state index is 11.3. The third-order valence-corrected chi connectivity index (χ3v) is 2.68. The molecule has 0 radical (unpaired) electrons. The van der Waals surface area contributed by atoms with Gasteiger partial charge in [0.1, 0.15) is 0 Å². The van der Waals surface area contributed by atoms with E-state index in [-0.39, 0.29) is 5.56 Å². The summed E-state index contributed by atoms with van der Waals surface area (Å²) < 4.78 is 4.59. The summed E-state index contributed by atoms with van der Waals surface area (Å²) in [5.41, 5.74) is 1.74. The summed E-state index contributed by atoms with van der Waals surface area (Å²) in [4.78, 5) is 22.0. The molecule has 2 aromatic carbocycles.